The van der Waals surface area contributed by atoms with E-state index in [0.29, 0.717) is 5.82 Å². The first-order chi connectivity index (χ1) is 9.24. The molecular formula is C13H11N3OS2. The first-order valence-electron chi connectivity index (χ1n) is 5.48. The highest BCUT2D eigenvalue weighted by Crippen LogP contribution is 2.09. The smallest absolute Gasteiger partial charge is 0.250 e. The van der Waals surface area contributed by atoms with E-state index in [1.54, 1.807) is 35.7 Å². The van der Waals surface area contributed by atoms with Crippen LogP contribution in [-0.2, 0) is 4.79 Å². The molecule has 2 aromatic rings. The maximum atomic E-state index is 11.6. The molecule has 0 aliphatic carbocycles. The Morgan fingerprint density at radius 1 is 1.32 bits per heavy atom. The Hall–Kier alpha value is -2.05. The van der Waals surface area contributed by atoms with Crippen LogP contribution in [0.25, 0.3) is 6.08 Å². The summed E-state index contributed by atoms with van der Waals surface area (Å²) < 4.78 is 0. The van der Waals surface area contributed by atoms with Crippen LogP contribution in [0.4, 0.5) is 5.82 Å². The van der Waals surface area contributed by atoms with E-state index in [0.717, 1.165) is 4.88 Å². The quantitative estimate of drug-likeness (QED) is 0.674. The SMILES string of the molecule is O=C(C=Cc1cccs1)NC(=S)Nc1ccccn1. The van der Waals surface area contributed by atoms with Crippen LogP contribution < -0.4 is 10.6 Å². The molecule has 2 rings (SSSR count). The summed E-state index contributed by atoms with van der Waals surface area (Å²) >= 11 is 6.57. The number of thiocarbonyl (C=S) groups is 1. The van der Waals surface area contributed by atoms with Crippen molar-refractivity contribution in [2.45, 2.75) is 0 Å². The van der Waals surface area contributed by atoms with Crippen molar-refractivity contribution < 1.29 is 4.79 Å². The molecule has 0 aliphatic heterocycles. The Bertz CT molecular complexity index is 579. The molecule has 0 atom stereocenters. The number of nitrogens with one attached hydrogen (secondary N) is 2. The maximum absolute atomic E-state index is 11.6. The van der Waals surface area contributed by atoms with Crippen LogP contribution in [-0.4, -0.2) is 16.0 Å². The molecule has 6 heteroatoms. The second-order valence-corrected chi connectivity index (χ2v) is 4.89. The monoisotopic (exact) mass is 289 g/mol. The molecule has 2 N–H and O–H groups in total. The van der Waals surface area contributed by atoms with Gasteiger partial charge in [0.25, 0.3) is 0 Å². The molecule has 0 bridgehead atoms. The molecule has 96 valence electrons. The molecule has 4 nitrogen and oxygen atoms in total. The first kappa shape index (κ1) is 13.4. The zero-order chi connectivity index (χ0) is 13.5. The topological polar surface area (TPSA) is 54.0 Å². The van der Waals surface area contributed by atoms with Crippen LogP contribution >= 0.6 is 23.6 Å². The molecule has 0 aliphatic rings. The molecule has 0 saturated carbocycles. The number of hydrogen-bond donors (Lipinski definition) is 2. The third kappa shape index (κ3) is 4.61. The predicted molar refractivity (Wildman–Crippen MR) is 82.0 cm³/mol. The summed E-state index contributed by atoms with van der Waals surface area (Å²) in [6.07, 6.45) is 4.82. The van der Waals surface area contributed by atoms with Crippen LogP contribution in [0.5, 0.6) is 0 Å². The molecule has 19 heavy (non-hydrogen) atoms. The summed E-state index contributed by atoms with van der Waals surface area (Å²) in [5.74, 6) is 0.317. The number of rotatable bonds is 3. The van der Waals surface area contributed by atoms with E-state index in [1.165, 1.54) is 6.08 Å². The minimum Gasteiger partial charge on any atom is -0.317 e. The van der Waals surface area contributed by atoms with Crippen molar-refractivity contribution in [2.24, 2.45) is 0 Å². The maximum Gasteiger partial charge on any atom is 0.250 e. The van der Waals surface area contributed by atoms with E-state index < -0.39 is 0 Å². The van der Waals surface area contributed by atoms with Gasteiger partial charge in [-0.25, -0.2) is 4.98 Å². The fourth-order valence-corrected chi connectivity index (χ4v) is 2.10. The number of hydrogen-bond acceptors (Lipinski definition) is 4. The van der Waals surface area contributed by atoms with Gasteiger partial charge in [-0.2, -0.15) is 0 Å². The highest BCUT2D eigenvalue weighted by molar-refractivity contribution is 7.80. The second kappa shape index (κ2) is 6.77. The number of aromatic nitrogens is 1. The average molecular weight is 289 g/mol. The third-order valence-corrected chi connectivity index (χ3v) is 3.13. The lowest BCUT2D eigenvalue weighted by molar-refractivity contribution is -0.115. The lowest BCUT2D eigenvalue weighted by atomic mass is 10.4. The normalized spacial score (nSPS) is 10.3. The van der Waals surface area contributed by atoms with Gasteiger partial charge in [-0.1, -0.05) is 12.1 Å². The number of amides is 1. The van der Waals surface area contributed by atoms with Crippen molar-refractivity contribution in [1.29, 1.82) is 0 Å². The van der Waals surface area contributed by atoms with Crippen molar-refractivity contribution in [2.75, 3.05) is 5.32 Å². The highest BCUT2D eigenvalue weighted by Gasteiger charge is 2.01. The van der Waals surface area contributed by atoms with Gasteiger partial charge in [-0.15, -0.1) is 11.3 Å². The van der Waals surface area contributed by atoms with Gasteiger partial charge in [0.15, 0.2) is 5.11 Å². The third-order valence-electron chi connectivity index (χ3n) is 2.09. The molecule has 0 spiro atoms. The molecular weight excluding hydrogens is 278 g/mol. The van der Waals surface area contributed by atoms with Crippen LogP contribution in [0.2, 0.25) is 0 Å². The Balaban J connectivity index is 1.84. The largest absolute Gasteiger partial charge is 0.317 e. The van der Waals surface area contributed by atoms with Gasteiger partial charge in [0, 0.05) is 17.2 Å². The summed E-state index contributed by atoms with van der Waals surface area (Å²) in [6.45, 7) is 0. The number of carbonyl (C=O) groups excluding carboxylic acids is 1. The van der Waals surface area contributed by atoms with Gasteiger partial charge in [0.05, 0.1) is 0 Å². The molecule has 0 radical (unpaired) electrons. The predicted octanol–water partition coefficient (Wildman–Crippen LogP) is 2.67. The fraction of sp³-hybridized carbons (Fsp3) is 0. The minimum absolute atomic E-state index is 0.222. The number of carbonyl (C=O) groups is 1. The average Bonchev–Trinajstić information content (AvgIpc) is 2.90. The van der Waals surface area contributed by atoms with E-state index in [9.17, 15) is 4.79 Å². The molecule has 1 amide bonds. The summed E-state index contributed by atoms with van der Waals surface area (Å²) in [4.78, 5) is 16.7. The van der Waals surface area contributed by atoms with Gasteiger partial charge in [0.1, 0.15) is 5.82 Å². The standard InChI is InChI=1S/C13H11N3OS2/c17-12(7-6-10-4-3-9-19-10)16-13(18)15-11-5-1-2-8-14-11/h1-9H,(H2,14,15,16,17,18). The van der Waals surface area contributed by atoms with E-state index in [1.807, 2.05) is 23.6 Å². The van der Waals surface area contributed by atoms with E-state index in [4.69, 9.17) is 12.2 Å². The number of anilines is 1. The number of nitrogens with zero attached hydrogens (tertiary/aromatic N) is 1. The van der Waals surface area contributed by atoms with Crippen molar-refractivity contribution in [1.82, 2.24) is 10.3 Å². The van der Waals surface area contributed by atoms with Crippen molar-refractivity contribution in [3.8, 4) is 0 Å². The number of thiophene rings is 1. The molecule has 0 saturated heterocycles. The van der Waals surface area contributed by atoms with Crippen LogP contribution in [0, 0.1) is 0 Å². The van der Waals surface area contributed by atoms with E-state index >= 15 is 0 Å². The van der Waals surface area contributed by atoms with Gasteiger partial charge >= 0.3 is 0 Å². The second-order valence-electron chi connectivity index (χ2n) is 3.51. The van der Waals surface area contributed by atoms with E-state index in [-0.39, 0.29) is 11.0 Å². The van der Waals surface area contributed by atoms with Gasteiger partial charge < -0.3 is 5.32 Å². The van der Waals surface area contributed by atoms with Crippen LogP contribution in [0.1, 0.15) is 4.88 Å². The Labute approximate surface area is 120 Å². The lowest BCUT2D eigenvalue weighted by Crippen LogP contribution is -2.33. The molecule has 0 unspecified atom stereocenters. The van der Waals surface area contributed by atoms with Gasteiger partial charge in [-0.05, 0) is 41.9 Å². The lowest BCUT2D eigenvalue weighted by Gasteiger charge is -2.06. The van der Waals surface area contributed by atoms with Crippen molar-refractivity contribution in [3.05, 3.63) is 52.9 Å². The molecule has 0 aromatic carbocycles. The Morgan fingerprint density at radius 3 is 2.89 bits per heavy atom. The highest BCUT2D eigenvalue weighted by atomic mass is 32.1. The summed E-state index contributed by atoms with van der Waals surface area (Å²) in [5.41, 5.74) is 0. The molecule has 2 aromatic heterocycles. The van der Waals surface area contributed by atoms with Crippen LogP contribution in [0.15, 0.2) is 48.0 Å². The molecule has 2 heterocycles. The summed E-state index contributed by atoms with van der Waals surface area (Å²) in [6, 6.07) is 9.25. The van der Waals surface area contributed by atoms with Crippen LogP contribution in [0.3, 0.4) is 0 Å². The number of pyridine rings is 1. The van der Waals surface area contributed by atoms with Gasteiger partial charge in [0.2, 0.25) is 5.91 Å². The van der Waals surface area contributed by atoms with Crippen molar-refractivity contribution in [3.63, 3.8) is 0 Å². The zero-order valence-corrected chi connectivity index (χ0v) is 11.5. The zero-order valence-electron chi connectivity index (χ0n) is 9.87. The summed E-state index contributed by atoms with van der Waals surface area (Å²) in [5, 5.41) is 7.54. The summed E-state index contributed by atoms with van der Waals surface area (Å²) in [7, 11) is 0. The van der Waals surface area contributed by atoms with E-state index in [2.05, 4.69) is 15.6 Å². The Morgan fingerprint density at radius 2 is 2.21 bits per heavy atom. The Kier molecular flexibility index (Phi) is 4.77. The first-order valence-corrected chi connectivity index (χ1v) is 6.77. The van der Waals surface area contributed by atoms with Crippen molar-refractivity contribution >= 4 is 46.5 Å². The molecule has 0 fully saturated rings. The van der Waals surface area contributed by atoms with Gasteiger partial charge in [-0.3, -0.25) is 10.1 Å². The fourth-order valence-electron chi connectivity index (χ4n) is 1.28. The minimum atomic E-state index is -0.276.